The maximum absolute atomic E-state index is 3.75. The molecule has 2 atom stereocenters. The fourth-order valence-corrected chi connectivity index (χ4v) is 3.02. The van der Waals surface area contributed by atoms with Crippen LogP contribution in [-0.4, -0.2) is 12.6 Å². The topological polar surface area (TPSA) is 12.0 Å². The Morgan fingerprint density at radius 2 is 1.50 bits per heavy atom. The maximum Gasteiger partial charge on any atom is 0.0214 e. The molecule has 0 amide bonds. The van der Waals surface area contributed by atoms with Gasteiger partial charge in [0.2, 0.25) is 0 Å². The average molecular weight is 265 g/mol. The summed E-state index contributed by atoms with van der Waals surface area (Å²) in [7, 11) is 0. The first-order valence-electron chi connectivity index (χ1n) is 7.71. The Hall–Kier alpha value is -1.60. The van der Waals surface area contributed by atoms with Crippen molar-refractivity contribution in [2.75, 3.05) is 6.54 Å². The molecule has 0 heterocycles. The van der Waals surface area contributed by atoms with Gasteiger partial charge in [-0.3, -0.25) is 0 Å². The Balaban J connectivity index is 1.74. The molecule has 2 unspecified atom stereocenters. The summed E-state index contributed by atoms with van der Waals surface area (Å²) in [6, 6.07) is 22.4. The van der Waals surface area contributed by atoms with Gasteiger partial charge in [-0.2, -0.15) is 0 Å². The van der Waals surface area contributed by atoms with Crippen LogP contribution in [0.25, 0.3) is 0 Å². The first-order chi connectivity index (χ1) is 9.88. The van der Waals surface area contributed by atoms with Crippen LogP contribution in [-0.2, 0) is 0 Å². The lowest BCUT2D eigenvalue weighted by molar-refractivity contribution is 0.592. The van der Waals surface area contributed by atoms with Gasteiger partial charge in [-0.15, -0.1) is 0 Å². The van der Waals surface area contributed by atoms with Crippen molar-refractivity contribution in [1.29, 1.82) is 0 Å². The summed E-state index contributed by atoms with van der Waals surface area (Å²) in [5.74, 6) is 1.36. The van der Waals surface area contributed by atoms with Gasteiger partial charge in [0, 0.05) is 18.5 Å². The molecule has 2 aromatic carbocycles. The van der Waals surface area contributed by atoms with Gasteiger partial charge in [-0.05, 0) is 23.5 Å². The van der Waals surface area contributed by atoms with E-state index in [9.17, 15) is 0 Å². The SMILES string of the molecule is CCC1CC1NCC(c1ccccc1)c1ccccc1. The first-order valence-corrected chi connectivity index (χ1v) is 7.71. The zero-order chi connectivity index (χ0) is 13.8. The van der Waals surface area contributed by atoms with Crippen LogP contribution in [0.3, 0.4) is 0 Å². The Morgan fingerprint density at radius 3 is 1.95 bits per heavy atom. The zero-order valence-corrected chi connectivity index (χ0v) is 12.1. The van der Waals surface area contributed by atoms with Crippen LogP contribution in [0.5, 0.6) is 0 Å². The van der Waals surface area contributed by atoms with Crippen molar-refractivity contribution in [2.24, 2.45) is 5.92 Å². The fraction of sp³-hybridized carbons (Fsp3) is 0.368. The quantitative estimate of drug-likeness (QED) is 0.825. The minimum atomic E-state index is 0.454. The van der Waals surface area contributed by atoms with Crippen molar-refractivity contribution in [3.63, 3.8) is 0 Å². The lowest BCUT2D eigenvalue weighted by atomic mass is 9.91. The highest BCUT2D eigenvalue weighted by Gasteiger charge is 2.35. The standard InChI is InChI=1S/C19H23N/c1-2-15-13-19(15)20-14-18(16-9-5-3-6-10-16)17-11-7-4-8-12-17/h3-12,15,18-20H,2,13-14H2,1H3. The number of hydrogen-bond acceptors (Lipinski definition) is 1. The van der Waals surface area contributed by atoms with E-state index in [0.29, 0.717) is 5.92 Å². The lowest BCUT2D eigenvalue weighted by Crippen LogP contribution is -2.25. The summed E-state index contributed by atoms with van der Waals surface area (Å²) in [6.07, 6.45) is 2.66. The van der Waals surface area contributed by atoms with E-state index in [1.165, 1.54) is 24.0 Å². The Morgan fingerprint density at radius 1 is 0.950 bits per heavy atom. The summed E-state index contributed by atoms with van der Waals surface area (Å²) in [4.78, 5) is 0. The van der Waals surface area contributed by atoms with Gasteiger partial charge in [0.25, 0.3) is 0 Å². The van der Waals surface area contributed by atoms with Gasteiger partial charge in [-0.1, -0.05) is 74.0 Å². The van der Waals surface area contributed by atoms with Gasteiger partial charge >= 0.3 is 0 Å². The molecule has 0 bridgehead atoms. The van der Waals surface area contributed by atoms with Crippen LogP contribution in [0, 0.1) is 5.92 Å². The molecule has 0 aromatic heterocycles. The molecular formula is C19H23N. The predicted molar refractivity (Wildman–Crippen MR) is 84.9 cm³/mol. The Bertz CT molecular complexity index is 480. The molecule has 1 aliphatic carbocycles. The molecule has 1 heteroatoms. The Kier molecular flexibility index (Phi) is 4.17. The predicted octanol–water partition coefficient (Wildman–Crippen LogP) is 4.21. The molecule has 0 saturated heterocycles. The minimum Gasteiger partial charge on any atom is -0.313 e. The van der Waals surface area contributed by atoms with Crippen molar-refractivity contribution >= 4 is 0 Å². The molecule has 0 radical (unpaired) electrons. The highest BCUT2D eigenvalue weighted by molar-refractivity contribution is 5.32. The molecule has 2 aromatic rings. The molecule has 1 saturated carbocycles. The van der Waals surface area contributed by atoms with Gasteiger partial charge in [-0.25, -0.2) is 0 Å². The van der Waals surface area contributed by atoms with Crippen LogP contribution in [0.15, 0.2) is 60.7 Å². The minimum absolute atomic E-state index is 0.454. The van der Waals surface area contributed by atoms with Crippen molar-refractivity contribution in [3.8, 4) is 0 Å². The van der Waals surface area contributed by atoms with Crippen LogP contribution in [0.4, 0.5) is 0 Å². The molecule has 20 heavy (non-hydrogen) atoms. The molecule has 1 N–H and O–H groups in total. The highest BCUT2D eigenvalue weighted by Crippen LogP contribution is 2.34. The van der Waals surface area contributed by atoms with Gasteiger partial charge in [0.05, 0.1) is 0 Å². The number of benzene rings is 2. The van der Waals surface area contributed by atoms with E-state index in [2.05, 4.69) is 72.9 Å². The molecule has 1 nitrogen and oxygen atoms in total. The monoisotopic (exact) mass is 265 g/mol. The average Bonchev–Trinajstić information content (AvgIpc) is 3.28. The second-order valence-electron chi connectivity index (χ2n) is 5.79. The van der Waals surface area contributed by atoms with Gasteiger partial charge < -0.3 is 5.32 Å². The summed E-state index contributed by atoms with van der Waals surface area (Å²) in [6.45, 7) is 3.33. The number of rotatable bonds is 6. The van der Waals surface area contributed by atoms with Crippen molar-refractivity contribution < 1.29 is 0 Å². The van der Waals surface area contributed by atoms with E-state index in [4.69, 9.17) is 0 Å². The largest absolute Gasteiger partial charge is 0.313 e. The van der Waals surface area contributed by atoms with E-state index >= 15 is 0 Å². The molecule has 3 rings (SSSR count). The molecular weight excluding hydrogens is 242 g/mol. The van der Waals surface area contributed by atoms with E-state index < -0.39 is 0 Å². The summed E-state index contributed by atoms with van der Waals surface area (Å²) >= 11 is 0. The molecule has 0 spiro atoms. The summed E-state index contributed by atoms with van der Waals surface area (Å²) in [5.41, 5.74) is 2.81. The maximum atomic E-state index is 3.75. The number of hydrogen-bond donors (Lipinski definition) is 1. The lowest BCUT2D eigenvalue weighted by Gasteiger charge is -2.19. The third-order valence-electron chi connectivity index (χ3n) is 4.44. The fourth-order valence-electron chi connectivity index (χ4n) is 3.02. The molecule has 0 aliphatic heterocycles. The molecule has 1 aliphatic rings. The van der Waals surface area contributed by atoms with Gasteiger partial charge in [0.15, 0.2) is 0 Å². The summed E-state index contributed by atoms with van der Waals surface area (Å²) < 4.78 is 0. The van der Waals surface area contributed by atoms with Crippen LogP contribution < -0.4 is 5.32 Å². The molecule has 104 valence electrons. The van der Waals surface area contributed by atoms with E-state index in [1.54, 1.807) is 0 Å². The normalized spacial score (nSPS) is 21.1. The van der Waals surface area contributed by atoms with Crippen molar-refractivity contribution in [2.45, 2.75) is 31.7 Å². The second-order valence-corrected chi connectivity index (χ2v) is 5.79. The third-order valence-corrected chi connectivity index (χ3v) is 4.44. The first kappa shape index (κ1) is 13.4. The van der Waals surface area contributed by atoms with E-state index in [1.807, 2.05) is 0 Å². The van der Waals surface area contributed by atoms with Gasteiger partial charge in [0.1, 0.15) is 0 Å². The zero-order valence-electron chi connectivity index (χ0n) is 12.1. The van der Waals surface area contributed by atoms with Crippen molar-refractivity contribution in [1.82, 2.24) is 5.32 Å². The highest BCUT2D eigenvalue weighted by atomic mass is 15.0. The van der Waals surface area contributed by atoms with Crippen LogP contribution >= 0.6 is 0 Å². The molecule has 1 fully saturated rings. The Labute approximate surface area is 122 Å². The van der Waals surface area contributed by atoms with E-state index in [0.717, 1.165) is 18.5 Å². The summed E-state index contributed by atoms with van der Waals surface area (Å²) in [5, 5.41) is 3.75. The van der Waals surface area contributed by atoms with Crippen molar-refractivity contribution in [3.05, 3.63) is 71.8 Å². The third kappa shape index (κ3) is 3.10. The smallest absolute Gasteiger partial charge is 0.0214 e. The van der Waals surface area contributed by atoms with E-state index in [-0.39, 0.29) is 0 Å². The number of nitrogens with one attached hydrogen (secondary N) is 1. The second kappa shape index (κ2) is 6.23. The van der Waals surface area contributed by atoms with Crippen LogP contribution in [0.1, 0.15) is 36.8 Å². The van der Waals surface area contributed by atoms with Crippen LogP contribution in [0.2, 0.25) is 0 Å².